The Kier molecular flexibility index (Phi) is 7.10. The van der Waals surface area contributed by atoms with E-state index in [4.69, 9.17) is 18.0 Å². The van der Waals surface area contributed by atoms with E-state index >= 15 is 0 Å². The Morgan fingerprint density at radius 1 is 1.58 bits per heavy atom. The molecular formula is C13H18BrFN2S2. The summed E-state index contributed by atoms with van der Waals surface area (Å²) in [4.78, 5) is 0.185. The Morgan fingerprint density at radius 3 is 2.84 bits per heavy atom. The molecule has 1 rings (SSSR count). The van der Waals surface area contributed by atoms with E-state index in [1.165, 1.54) is 0 Å². The van der Waals surface area contributed by atoms with E-state index in [9.17, 15) is 4.39 Å². The van der Waals surface area contributed by atoms with Crippen LogP contribution < -0.4 is 11.1 Å². The summed E-state index contributed by atoms with van der Waals surface area (Å²) in [6.07, 6.45) is 0.993. The van der Waals surface area contributed by atoms with Crippen LogP contribution in [0.2, 0.25) is 0 Å². The maximum absolute atomic E-state index is 14.1. The fourth-order valence-electron chi connectivity index (χ4n) is 1.59. The molecular weight excluding hydrogens is 347 g/mol. The Hall–Kier alpha value is -0.330. The predicted molar refractivity (Wildman–Crippen MR) is 90.7 cm³/mol. The lowest BCUT2D eigenvalue weighted by Gasteiger charge is -2.17. The van der Waals surface area contributed by atoms with Crippen molar-refractivity contribution in [3.63, 3.8) is 0 Å². The standard InChI is InChI=1S/C13H18BrFN2S2/c1-3-19-7-6-8(2)17-10-5-4-9(13(16)18)11(14)12(10)15/h4-5,8,17H,3,6-7H2,1-2H3,(H2,16,18). The van der Waals surface area contributed by atoms with Gasteiger partial charge in [-0.2, -0.15) is 11.8 Å². The van der Waals surface area contributed by atoms with Gasteiger partial charge in [0, 0.05) is 11.6 Å². The SMILES string of the molecule is CCSCCC(C)Nc1ccc(C(N)=S)c(Br)c1F. The summed E-state index contributed by atoms with van der Waals surface area (Å²) in [6.45, 7) is 4.18. The Labute approximate surface area is 131 Å². The van der Waals surface area contributed by atoms with Crippen LogP contribution in [0.1, 0.15) is 25.8 Å². The predicted octanol–water partition coefficient (Wildman–Crippen LogP) is 4.17. The van der Waals surface area contributed by atoms with Gasteiger partial charge in [-0.05, 0) is 52.9 Å². The van der Waals surface area contributed by atoms with Gasteiger partial charge >= 0.3 is 0 Å². The van der Waals surface area contributed by atoms with Gasteiger partial charge in [-0.25, -0.2) is 4.39 Å². The van der Waals surface area contributed by atoms with E-state index in [0.29, 0.717) is 15.7 Å². The lowest BCUT2D eigenvalue weighted by atomic mass is 10.1. The maximum atomic E-state index is 14.1. The van der Waals surface area contributed by atoms with E-state index in [-0.39, 0.29) is 16.8 Å². The fraction of sp³-hybridized carbons (Fsp3) is 0.462. The number of rotatable bonds is 7. The molecule has 0 heterocycles. The van der Waals surface area contributed by atoms with Crippen LogP contribution in [0.25, 0.3) is 0 Å². The van der Waals surface area contributed by atoms with Crippen molar-refractivity contribution in [2.45, 2.75) is 26.3 Å². The summed E-state index contributed by atoms with van der Waals surface area (Å²) in [5.74, 6) is 1.83. The second-order valence-electron chi connectivity index (χ2n) is 4.18. The number of anilines is 1. The molecule has 0 aliphatic rings. The number of nitrogens with one attached hydrogen (secondary N) is 1. The quantitative estimate of drug-likeness (QED) is 0.562. The first-order chi connectivity index (χ1) is 8.97. The highest BCUT2D eigenvalue weighted by Crippen LogP contribution is 2.27. The highest BCUT2D eigenvalue weighted by molar-refractivity contribution is 9.10. The number of nitrogens with two attached hydrogens (primary N) is 1. The monoisotopic (exact) mass is 364 g/mol. The van der Waals surface area contributed by atoms with Gasteiger partial charge in [0.25, 0.3) is 0 Å². The number of halogens is 2. The van der Waals surface area contributed by atoms with E-state index in [1.807, 2.05) is 18.7 Å². The second-order valence-corrected chi connectivity index (χ2v) is 6.81. The zero-order valence-corrected chi connectivity index (χ0v) is 14.2. The first kappa shape index (κ1) is 16.7. The first-order valence-corrected chi connectivity index (χ1v) is 8.45. The molecule has 0 radical (unpaired) electrons. The maximum Gasteiger partial charge on any atom is 0.161 e. The summed E-state index contributed by atoms with van der Waals surface area (Å²) < 4.78 is 14.5. The highest BCUT2D eigenvalue weighted by atomic mass is 79.9. The van der Waals surface area contributed by atoms with Gasteiger partial charge in [0.1, 0.15) is 4.99 Å². The Morgan fingerprint density at radius 2 is 2.26 bits per heavy atom. The van der Waals surface area contributed by atoms with Crippen LogP contribution in [0.4, 0.5) is 10.1 Å². The van der Waals surface area contributed by atoms with Crippen molar-refractivity contribution in [1.82, 2.24) is 0 Å². The molecule has 106 valence electrons. The van der Waals surface area contributed by atoms with Crippen molar-refractivity contribution in [3.8, 4) is 0 Å². The van der Waals surface area contributed by atoms with Gasteiger partial charge in [-0.1, -0.05) is 19.1 Å². The zero-order chi connectivity index (χ0) is 14.4. The van der Waals surface area contributed by atoms with Crippen LogP contribution in [0.15, 0.2) is 16.6 Å². The number of hydrogen-bond acceptors (Lipinski definition) is 3. The molecule has 2 nitrogen and oxygen atoms in total. The van der Waals surface area contributed by atoms with Crippen LogP contribution in [0.3, 0.4) is 0 Å². The van der Waals surface area contributed by atoms with E-state index in [1.54, 1.807) is 12.1 Å². The molecule has 1 unspecified atom stereocenters. The smallest absolute Gasteiger partial charge is 0.161 e. The van der Waals surface area contributed by atoms with Gasteiger partial charge in [-0.3, -0.25) is 0 Å². The molecule has 1 atom stereocenters. The van der Waals surface area contributed by atoms with Crippen molar-refractivity contribution in [1.29, 1.82) is 0 Å². The molecule has 3 N–H and O–H groups in total. The average Bonchev–Trinajstić information content (AvgIpc) is 2.35. The van der Waals surface area contributed by atoms with Crippen LogP contribution in [0, 0.1) is 5.82 Å². The number of benzene rings is 1. The molecule has 0 aliphatic heterocycles. The molecule has 0 fully saturated rings. The topological polar surface area (TPSA) is 38.0 Å². The molecule has 1 aromatic carbocycles. The summed E-state index contributed by atoms with van der Waals surface area (Å²) in [7, 11) is 0. The third-order valence-corrected chi connectivity index (χ3v) is 4.58. The van der Waals surface area contributed by atoms with Crippen molar-refractivity contribution < 1.29 is 4.39 Å². The van der Waals surface area contributed by atoms with Crippen molar-refractivity contribution >= 4 is 50.6 Å². The Bertz CT molecular complexity index is 455. The summed E-state index contributed by atoms with van der Waals surface area (Å²) in [6, 6.07) is 3.62. The fourth-order valence-corrected chi connectivity index (χ4v) is 3.26. The largest absolute Gasteiger partial charge is 0.389 e. The van der Waals surface area contributed by atoms with Gasteiger partial charge in [0.05, 0.1) is 10.2 Å². The van der Waals surface area contributed by atoms with Gasteiger partial charge in [0.15, 0.2) is 5.82 Å². The summed E-state index contributed by atoms with van der Waals surface area (Å²) >= 11 is 9.95. The zero-order valence-electron chi connectivity index (χ0n) is 11.0. The number of hydrogen-bond donors (Lipinski definition) is 2. The third kappa shape index (κ3) is 4.93. The molecule has 0 spiro atoms. The normalized spacial score (nSPS) is 12.2. The van der Waals surface area contributed by atoms with E-state index < -0.39 is 0 Å². The number of thiocarbonyl (C=S) groups is 1. The van der Waals surface area contributed by atoms with Gasteiger partial charge in [0.2, 0.25) is 0 Å². The highest BCUT2D eigenvalue weighted by Gasteiger charge is 2.14. The van der Waals surface area contributed by atoms with Crippen molar-refractivity contribution in [3.05, 3.63) is 28.0 Å². The number of thioether (sulfide) groups is 1. The van der Waals surface area contributed by atoms with Gasteiger partial charge < -0.3 is 11.1 Å². The summed E-state index contributed by atoms with van der Waals surface area (Å²) in [5, 5.41) is 3.17. The average molecular weight is 365 g/mol. The molecule has 19 heavy (non-hydrogen) atoms. The molecule has 0 aliphatic carbocycles. The lowest BCUT2D eigenvalue weighted by Crippen LogP contribution is -2.18. The van der Waals surface area contributed by atoms with Crippen LogP contribution >= 0.6 is 39.9 Å². The van der Waals surface area contributed by atoms with E-state index in [2.05, 4.69) is 28.2 Å². The minimum absolute atomic E-state index is 0.185. The summed E-state index contributed by atoms with van der Waals surface area (Å²) in [5.41, 5.74) is 6.52. The molecule has 0 bridgehead atoms. The minimum Gasteiger partial charge on any atom is -0.389 e. The van der Waals surface area contributed by atoms with E-state index in [0.717, 1.165) is 17.9 Å². The minimum atomic E-state index is -0.347. The van der Waals surface area contributed by atoms with Gasteiger partial charge in [-0.15, -0.1) is 0 Å². The van der Waals surface area contributed by atoms with Crippen LogP contribution in [-0.2, 0) is 0 Å². The molecule has 1 aromatic rings. The van der Waals surface area contributed by atoms with Crippen LogP contribution in [-0.4, -0.2) is 22.5 Å². The molecule has 6 heteroatoms. The lowest BCUT2D eigenvalue weighted by molar-refractivity contribution is 0.618. The Balaban J connectivity index is 2.74. The third-order valence-electron chi connectivity index (χ3n) is 2.65. The van der Waals surface area contributed by atoms with Crippen molar-refractivity contribution in [2.75, 3.05) is 16.8 Å². The van der Waals surface area contributed by atoms with Crippen LogP contribution in [0.5, 0.6) is 0 Å². The molecule has 0 amide bonds. The van der Waals surface area contributed by atoms with Crippen molar-refractivity contribution in [2.24, 2.45) is 5.73 Å². The molecule has 0 saturated carbocycles. The first-order valence-electron chi connectivity index (χ1n) is 6.09. The molecule has 0 saturated heterocycles. The second kappa shape index (κ2) is 8.07. The molecule has 0 aromatic heterocycles.